The molecule has 1 aliphatic rings. The summed E-state index contributed by atoms with van der Waals surface area (Å²) in [7, 11) is 1.17. The summed E-state index contributed by atoms with van der Waals surface area (Å²) in [4.78, 5) is 47.6. The molecule has 1 aromatic carbocycles. The number of carboxylic acid groups (broad SMARTS) is 1. The number of hydrogen-bond acceptors (Lipinski definition) is 7. The van der Waals surface area contributed by atoms with Crippen molar-refractivity contribution in [3.05, 3.63) is 52.1 Å². The van der Waals surface area contributed by atoms with Gasteiger partial charge in [-0.2, -0.15) is 0 Å². The van der Waals surface area contributed by atoms with E-state index in [1.807, 2.05) is 0 Å². The van der Waals surface area contributed by atoms with Crippen molar-refractivity contribution in [2.75, 3.05) is 13.7 Å². The summed E-state index contributed by atoms with van der Waals surface area (Å²) in [6.45, 7) is 1.32. The predicted molar refractivity (Wildman–Crippen MR) is 101 cm³/mol. The van der Waals surface area contributed by atoms with Crippen LogP contribution in [0.25, 0.3) is 17.4 Å². The number of rotatable bonds is 5. The lowest BCUT2D eigenvalue weighted by Gasteiger charge is -2.09. The first-order valence-electron chi connectivity index (χ1n) is 8.06. The van der Waals surface area contributed by atoms with Crippen molar-refractivity contribution in [2.45, 2.75) is 6.92 Å². The highest BCUT2D eigenvalue weighted by Crippen LogP contribution is 2.33. The fraction of sp³-hybridized carbons (Fsp3) is 0.158. The number of carbonyl (C=O) groups excluding carboxylic acids is 3. The zero-order valence-electron chi connectivity index (χ0n) is 14.9. The molecule has 0 atom stereocenters. The molecule has 3 rings (SSSR count). The summed E-state index contributed by atoms with van der Waals surface area (Å²) < 4.78 is 10.2. The number of hydrogen-bond donors (Lipinski definition) is 1. The number of nitrogens with zero attached hydrogens (tertiary/aromatic N) is 1. The van der Waals surface area contributed by atoms with Crippen LogP contribution in [0.4, 0.5) is 4.79 Å². The largest absolute Gasteiger partial charge is 0.478 e. The molecule has 1 aliphatic heterocycles. The van der Waals surface area contributed by atoms with Gasteiger partial charge in [-0.05, 0) is 48.5 Å². The third-order valence-corrected chi connectivity index (χ3v) is 4.93. The first-order chi connectivity index (χ1) is 13.3. The topological polar surface area (TPSA) is 114 Å². The Hall–Kier alpha value is -3.33. The van der Waals surface area contributed by atoms with Crippen LogP contribution >= 0.6 is 11.8 Å². The molecular weight excluding hydrogens is 386 g/mol. The van der Waals surface area contributed by atoms with Crippen molar-refractivity contribution in [2.24, 2.45) is 0 Å². The first-order valence-corrected chi connectivity index (χ1v) is 8.88. The van der Waals surface area contributed by atoms with Gasteiger partial charge < -0.3 is 14.3 Å². The maximum Gasteiger partial charge on any atom is 0.335 e. The Morgan fingerprint density at radius 1 is 1.25 bits per heavy atom. The van der Waals surface area contributed by atoms with Crippen LogP contribution < -0.4 is 0 Å². The minimum Gasteiger partial charge on any atom is -0.478 e. The number of benzene rings is 1. The number of carbonyl (C=O) groups is 4. The zero-order valence-corrected chi connectivity index (χ0v) is 15.7. The quantitative estimate of drug-likeness (QED) is 0.600. The molecule has 0 unspecified atom stereocenters. The van der Waals surface area contributed by atoms with Gasteiger partial charge in [-0.1, -0.05) is 6.07 Å². The van der Waals surface area contributed by atoms with Crippen LogP contribution in [0.3, 0.4) is 0 Å². The van der Waals surface area contributed by atoms with Crippen LogP contribution in [0.2, 0.25) is 0 Å². The second-order valence-electron chi connectivity index (χ2n) is 5.88. The maximum atomic E-state index is 12.3. The normalized spacial score (nSPS) is 15.4. The summed E-state index contributed by atoms with van der Waals surface area (Å²) in [6, 6.07) is 7.98. The van der Waals surface area contributed by atoms with E-state index in [1.165, 1.54) is 25.3 Å². The Morgan fingerprint density at radius 3 is 2.64 bits per heavy atom. The molecule has 2 heterocycles. The number of carboxylic acids is 1. The van der Waals surface area contributed by atoms with Gasteiger partial charge in [-0.15, -0.1) is 0 Å². The van der Waals surface area contributed by atoms with Gasteiger partial charge in [0.1, 0.15) is 18.1 Å². The number of aryl methyl sites for hydroxylation is 1. The third-order valence-electron chi connectivity index (χ3n) is 4.03. The third kappa shape index (κ3) is 3.84. The second kappa shape index (κ2) is 7.73. The molecular formula is C19H15NO7S. The lowest BCUT2D eigenvalue weighted by molar-refractivity contribution is -0.143. The molecule has 8 nitrogen and oxygen atoms in total. The van der Waals surface area contributed by atoms with Gasteiger partial charge in [0.05, 0.1) is 17.6 Å². The van der Waals surface area contributed by atoms with Crippen molar-refractivity contribution in [3.8, 4) is 11.3 Å². The van der Waals surface area contributed by atoms with Gasteiger partial charge in [-0.3, -0.25) is 19.3 Å². The number of aromatic carboxylic acids is 1. The van der Waals surface area contributed by atoms with Crippen LogP contribution in [0.15, 0.2) is 39.7 Å². The number of esters is 1. The van der Waals surface area contributed by atoms with E-state index in [4.69, 9.17) is 9.52 Å². The molecule has 2 amide bonds. The average Bonchev–Trinajstić information content (AvgIpc) is 3.21. The Balaban J connectivity index is 1.83. The number of methoxy groups -OCH3 is 1. The van der Waals surface area contributed by atoms with E-state index in [1.54, 1.807) is 25.1 Å². The van der Waals surface area contributed by atoms with Gasteiger partial charge in [0.15, 0.2) is 0 Å². The molecule has 0 spiro atoms. The van der Waals surface area contributed by atoms with Crippen LogP contribution in [0.1, 0.15) is 21.7 Å². The molecule has 1 N–H and O–H groups in total. The van der Waals surface area contributed by atoms with Crippen LogP contribution in [-0.4, -0.2) is 46.7 Å². The van der Waals surface area contributed by atoms with E-state index < -0.39 is 29.6 Å². The van der Waals surface area contributed by atoms with E-state index in [9.17, 15) is 19.2 Å². The monoisotopic (exact) mass is 401 g/mol. The molecule has 0 aliphatic carbocycles. The molecule has 1 aromatic heterocycles. The van der Waals surface area contributed by atoms with E-state index >= 15 is 0 Å². The van der Waals surface area contributed by atoms with Crippen molar-refractivity contribution in [3.63, 3.8) is 0 Å². The molecule has 28 heavy (non-hydrogen) atoms. The van der Waals surface area contributed by atoms with Gasteiger partial charge in [0, 0.05) is 11.6 Å². The fourth-order valence-electron chi connectivity index (χ4n) is 2.61. The van der Waals surface area contributed by atoms with Crippen LogP contribution in [-0.2, 0) is 14.3 Å². The highest BCUT2D eigenvalue weighted by Gasteiger charge is 2.36. The fourth-order valence-corrected chi connectivity index (χ4v) is 3.43. The molecule has 1 saturated heterocycles. The summed E-state index contributed by atoms with van der Waals surface area (Å²) >= 11 is 0.708. The number of amides is 2. The SMILES string of the molecule is COC(=O)CN1C(=O)S/C(=C/c2ccc(-c3ccc(C(=O)O)cc3C)o2)C1=O. The summed E-state index contributed by atoms with van der Waals surface area (Å²) in [6.07, 6.45) is 1.42. The average molecular weight is 401 g/mol. The van der Waals surface area contributed by atoms with Crippen molar-refractivity contribution in [1.29, 1.82) is 0 Å². The zero-order chi connectivity index (χ0) is 20.4. The van der Waals surface area contributed by atoms with Gasteiger partial charge in [0.2, 0.25) is 0 Å². The molecule has 0 bridgehead atoms. The van der Waals surface area contributed by atoms with E-state index in [-0.39, 0.29) is 10.5 Å². The summed E-state index contributed by atoms with van der Waals surface area (Å²) in [5, 5.41) is 8.48. The highest BCUT2D eigenvalue weighted by atomic mass is 32.2. The summed E-state index contributed by atoms with van der Waals surface area (Å²) in [5.74, 6) is -1.46. The minimum absolute atomic E-state index is 0.132. The van der Waals surface area contributed by atoms with Gasteiger partial charge in [0.25, 0.3) is 11.1 Å². The molecule has 144 valence electrons. The van der Waals surface area contributed by atoms with Gasteiger partial charge >= 0.3 is 11.9 Å². The smallest absolute Gasteiger partial charge is 0.335 e. The van der Waals surface area contributed by atoms with Gasteiger partial charge in [-0.25, -0.2) is 4.79 Å². The standard InChI is InChI=1S/C19H15NO7S/c1-10-7-11(18(23)24)3-5-13(10)14-6-4-12(27-14)8-15-17(22)20(19(25)28-15)9-16(21)26-2/h3-8H,9H2,1-2H3,(H,23,24)/b15-8+. The number of thioether (sulfide) groups is 1. The van der Waals surface area contributed by atoms with Crippen LogP contribution in [0, 0.1) is 6.92 Å². The van der Waals surface area contributed by atoms with Crippen molar-refractivity contribution < 1.29 is 33.4 Å². The van der Waals surface area contributed by atoms with Crippen molar-refractivity contribution >= 4 is 40.9 Å². The molecule has 2 aromatic rings. The Labute approximate surface area is 163 Å². The lowest BCUT2D eigenvalue weighted by atomic mass is 10.0. The van der Waals surface area contributed by atoms with E-state index in [0.717, 1.165) is 10.5 Å². The highest BCUT2D eigenvalue weighted by molar-refractivity contribution is 8.18. The molecule has 0 radical (unpaired) electrons. The Bertz CT molecular complexity index is 1020. The molecule has 0 saturated carbocycles. The number of imide groups is 1. The van der Waals surface area contributed by atoms with Crippen molar-refractivity contribution in [1.82, 2.24) is 4.90 Å². The lowest BCUT2D eigenvalue weighted by Crippen LogP contribution is -2.34. The Kier molecular flexibility index (Phi) is 5.36. The number of ether oxygens (including phenoxy) is 1. The first kappa shape index (κ1) is 19.4. The maximum absolute atomic E-state index is 12.3. The number of furan rings is 1. The minimum atomic E-state index is -1.02. The Morgan fingerprint density at radius 2 is 2.00 bits per heavy atom. The van der Waals surface area contributed by atoms with Crippen LogP contribution in [0.5, 0.6) is 0 Å². The predicted octanol–water partition coefficient (Wildman–Crippen LogP) is 3.16. The summed E-state index contributed by atoms with van der Waals surface area (Å²) in [5.41, 5.74) is 1.61. The molecule has 1 fully saturated rings. The molecule has 9 heteroatoms. The van der Waals surface area contributed by atoms with E-state index in [0.29, 0.717) is 28.8 Å². The van der Waals surface area contributed by atoms with E-state index in [2.05, 4.69) is 4.74 Å². The second-order valence-corrected chi connectivity index (χ2v) is 6.87.